The molecule has 0 saturated heterocycles. The van der Waals surface area contributed by atoms with Crippen LogP contribution in [0.1, 0.15) is 11.3 Å². The lowest BCUT2D eigenvalue weighted by atomic mass is 10.2. The predicted octanol–water partition coefficient (Wildman–Crippen LogP) is 3.70. The summed E-state index contributed by atoms with van der Waals surface area (Å²) in [5.41, 5.74) is -0.728. The maximum Gasteiger partial charge on any atom is 0.416 e. The first-order chi connectivity index (χ1) is 12.0. The molecule has 5 nitrogen and oxygen atoms in total. The van der Waals surface area contributed by atoms with Gasteiger partial charge in [0.05, 0.1) is 18.4 Å². The Morgan fingerprint density at radius 1 is 1.15 bits per heavy atom. The fraction of sp³-hybridized carbons (Fsp3) is 0.353. The molecule has 1 heterocycles. The highest BCUT2D eigenvalue weighted by Gasteiger charge is 2.30. The molecule has 144 valence electrons. The maximum atomic E-state index is 12.6. The number of furan rings is 1. The average Bonchev–Trinajstić information content (AvgIpc) is 3.10. The van der Waals surface area contributed by atoms with E-state index < -0.39 is 11.7 Å². The van der Waals surface area contributed by atoms with Crippen molar-refractivity contribution in [2.75, 3.05) is 26.7 Å². The minimum Gasteiger partial charge on any atom is -0.492 e. The van der Waals surface area contributed by atoms with Crippen molar-refractivity contribution in [2.45, 2.75) is 12.6 Å². The van der Waals surface area contributed by atoms with E-state index in [9.17, 15) is 13.2 Å². The van der Waals surface area contributed by atoms with E-state index in [0.717, 1.165) is 17.9 Å². The minimum atomic E-state index is -4.38. The van der Waals surface area contributed by atoms with Crippen molar-refractivity contribution in [3.63, 3.8) is 0 Å². The Bertz CT molecular complexity index is 676. The number of alkyl halides is 3. The van der Waals surface area contributed by atoms with Crippen LogP contribution in [-0.2, 0) is 12.6 Å². The molecule has 0 fully saturated rings. The van der Waals surface area contributed by atoms with E-state index in [1.165, 1.54) is 12.1 Å². The van der Waals surface area contributed by atoms with Crippen LogP contribution in [0.2, 0.25) is 0 Å². The Morgan fingerprint density at radius 2 is 1.92 bits per heavy atom. The normalized spacial score (nSPS) is 11.6. The second-order valence-corrected chi connectivity index (χ2v) is 5.13. The Kier molecular flexibility index (Phi) is 9.31. The van der Waals surface area contributed by atoms with E-state index in [1.54, 1.807) is 13.3 Å². The number of nitrogens with zero attached hydrogens (tertiary/aromatic N) is 1. The van der Waals surface area contributed by atoms with E-state index in [2.05, 4.69) is 15.6 Å². The molecule has 2 aromatic rings. The van der Waals surface area contributed by atoms with Crippen LogP contribution in [0.25, 0.3) is 0 Å². The molecule has 0 bridgehead atoms. The SMILES string of the molecule is CN=C(NCCOc1cccc(C(F)(F)F)c1)NCCc1ccco1.I. The van der Waals surface area contributed by atoms with E-state index in [0.29, 0.717) is 25.5 Å². The van der Waals surface area contributed by atoms with E-state index in [4.69, 9.17) is 9.15 Å². The lowest BCUT2D eigenvalue weighted by Crippen LogP contribution is -2.40. The predicted molar refractivity (Wildman–Crippen MR) is 104 cm³/mol. The second-order valence-electron chi connectivity index (χ2n) is 5.13. The third kappa shape index (κ3) is 7.54. The molecule has 0 spiro atoms. The molecule has 0 aliphatic rings. The van der Waals surface area contributed by atoms with Gasteiger partial charge in [0.1, 0.15) is 18.1 Å². The Labute approximate surface area is 167 Å². The molecule has 0 saturated carbocycles. The van der Waals surface area contributed by atoms with E-state index >= 15 is 0 Å². The monoisotopic (exact) mass is 483 g/mol. The molecular formula is C17H21F3IN3O2. The first kappa shape index (κ1) is 22.1. The first-order valence-corrected chi connectivity index (χ1v) is 7.76. The third-order valence-electron chi connectivity index (χ3n) is 3.29. The number of rotatable bonds is 7. The van der Waals surface area contributed by atoms with Crippen LogP contribution in [0.5, 0.6) is 5.75 Å². The van der Waals surface area contributed by atoms with Crippen molar-refractivity contribution < 1.29 is 22.3 Å². The number of aliphatic imine (C=N–C) groups is 1. The highest BCUT2D eigenvalue weighted by molar-refractivity contribution is 14.0. The van der Waals surface area contributed by atoms with Crippen LogP contribution in [0.4, 0.5) is 13.2 Å². The first-order valence-electron chi connectivity index (χ1n) is 7.76. The number of halogens is 4. The van der Waals surface area contributed by atoms with Gasteiger partial charge in [-0.15, -0.1) is 24.0 Å². The van der Waals surface area contributed by atoms with Crippen LogP contribution >= 0.6 is 24.0 Å². The molecule has 9 heteroatoms. The van der Waals surface area contributed by atoms with Crippen LogP contribution in [0.15, 0.2) is 52.1 Å². The summed E-state index contributed by atoms with van der Waals surface area (Å²) in [6, 6.07) is 8.52. The van der Waals surface area contributed by atoms with Gasteiger partial charge in [-0.05, 0) is 30.3 Å². The molecule has 0 aliphatic carbocycles. The summed E-state index contributed by atoms with van der Waals surface area (Å²) in [6.45, 7) is 1.25. The summed E-state index contributed by atoms with van der Waals surface area (Å²) < 4.78 is 48.5. The highest BCUT2D eigenvalue weighted by atomic mass is 127. The third-order valence-corrected chi connectivity index (χ3v) is 3.29. The molecule has 0 radical (unpaired) electrons. The molecule has 0 aliphatic heterocycles. The molecule has 0 amide bonds. The fourth-order valence-corrected chi connectivity index (χ4v) is 2.08. The fourth-order valence-electron chi connectivity index (χ4n) is 2.08. The topological polar surface area (TPSA) is 58.8 Å². The van der Waals surface area contributed by atoms with Crippen molar-refractivity contribution in [1.82, 2.24) is 10.6 Å². The van der Waals surface area contributed by atoms with Crippen LogP contribution in [-0.4, -0.2) is 32.7 Å². The molecule has 2 rings (SSSR count). The Balaban J connectivity index is 0.00000338. The molecule has 1 aromatic carbocycles. The van der Waals surface area contributed by atoms with Gasteiger partial charge in [0.25, 0.3) is 0 Å². The zero-order valence-corrected chi connectivity index (χ0v) is 16.5. The van der Waals surface area contributed by atoms with Crippen molar-refractivity contribution in [2.24, 2.45) is 4.99 Å². The molecule has 0 unspecified atom stereocenters. The van der Waals surface area contributed by atoms with Gasteiger partial charge in [0.2, 0.25) is 0 Å². The van der Waals surface area contributed by atoms with E-state index in [-0.39, 0.29) is 36.3 Å². The van der Waals surface area contributed by atoms with Gasteiger partial charge in [-0.2, -0.15) is 13.2 Å². The zero-order valence-electron chi connectivity index (χ0n) is 14.2. The standard InChI is InChI=1S/C17H20F3N3O2.HI/c1-21-16(22-8-7-14-6-3-10-24-14)23-9-11-25-15-5-2-4-13(12-15)17(18,19)20;/h2-6,10,12H,7-9,11H2,1H3,(H2,21,22,23);1H. The summed E-state index contributed by atoms with van der Waals surface area (Å²) in [5, 5.41) is 6.14. The lowest BCUT2D eigenvalue weighted by Gasteiger charge is -2.13. The smallest absolute Gasteiger partial charge is 0.416 e. The van der Waals surface area contributed by atoms with Gasteiger partial charge in [0, 0.05) is 20.0 Å². The Hall–Kier alpha value is -1.91. The minimum absolute atomic E-state index is 0. The second kappa shape index (κ2) is 10.9. The Morgan fingerprint density at radius 3 is 2.58 bits per heavy atom. The number of ether oxygens (including phenoxy) is 1. The molecule has 0 atom stereocenters. The summed E-state index contributed by atoms with van der Waals surface area (Å²) >= 11 is 0. The number of hydrogen-bond donors (Lipinski definition) is 2. The van der Waals surface area contributed by atoms with Crippen LogP contribution in [0.3, 0.4) is 0 Å². The number of nitrogens with one attached hydrogen (secondary N) is 2. The summed E-state index contributed by atoms with van der Waals surface area (Å²) in [4.78, 5) is 4.06. The summed E-state index contributed by atoms with van der Waals surface area (Å²) in [6.07, 6.45) is -2.04. The zero-order chi connectivity index (χ0) is 18.1. The molecular weight excluding hydrogens is 462 g/mol. The van der Waals surface area contributed by atoms with Gasteiger partial charge >= 0.3 is 6.18 Å². The number of hydrogen-bond acceptors (Lipinski definition) is 3. The van der Waals surface area contributed by atoms with Gasteiger partial charge in [-0.25, -0.2) is 0 Å². The van der Waals surface area contributed by atoms with Crippen molar-refractivity contribution in [1.29, 1.82) is 0 Å². The molecule has 1 aromatic heterocycles. The lowest BCUT2D eigenvalue weighted by molar-refractivity contribution is -0.137. The average molecular weight is 483 g/mol. The number of benzene rings is 1. The van der Waals surface area contributed by atoms with Crippen molar-refractivity contribution in [3.8, 4) is 5.75 Å². The van der Waals surface area contributed by atoms with Gasteiger partial charge in [-0.3, -0.25) is 4.99 Å². The van der Waals surface area contributed by atoms with Crippen molar-refractivity contribution in [3.05, 3.63) is 54.0 Å². The summed E-state index contributed by atoms with van der Waals surface area (Å²) in [7, 11) is 1.63. The van der Waals surface area contributed by atoms with E-state index in [1.807, 2.05) is 12.1 Å². The molecule has 26 heavy (non-hydrogen) atoms. The number of guanidine groups is 1. The highest BCUT2D eigenvalue weighted by Crippen LogP contribution is 2.31. The maximum absolute atomic E-state index is 12.6. The van der Waals surface area contributed by atoms with Crippen molar-refractivity contribution >= 4 is 29.9 Å². The van der Waals surface area contributed by atoms with Crippen LogP contribution in [0, 0.1) is 0 Å². The van der Waals surface area contributed by atoms with Gasteiger partial charge in [0.15, 0.2) is 5.96 Å². The van der Waals surface area contributed by atoms with Gasteiger partial charge in [-0.1, -0.05) is 6.07 Å². The quantitative estimate of drug-likeness (QED) is 0.273. The van der Waals surface area contributed by atoms with Gasteiger partial charge < -0.3 is 19.8 Å². The largest absolute Gasteiger partial charge is 0.492 e. The molecule has 2 N–H and O–H groups in total. The summed E-state index contributed by atoms with van der Waals surface area (Å²) in [5.74, 6) is 1.63. The van der Waals surface area contributed by atoms with Crippen LogP contribution < -0.4 is 15.4 Å².